The summed E-state index contributed by atoms with van der Waals surface area (Å²) in [7, 11) is 0. The SMILES string of the molecule is O=C(Nc1ccc(Cl)cc1F)c1ccnc(F)c1F. The summed E-state index contributed by atoms with van der Waals surface area (Å²) in [5, 5.41) is 2.26. The summed E-state index contributed by atoms with van der Waals surface area (Å²) >= 11 is 5.55. The number of carbonyl (C=O) groups is 1. The van der Waals surface area contributed by atoms with Crippen LogP contribution in [0.3, 0.4) is 0 Å². The van der Waals surface area contributed by atoms with E-state index >= 15 is 0 Å². The minimum absolute atomic E-state index is 0.150. The maximum absolute atomic E-state index is 13.4. The zero-order valence-corrected chi connectivity index (χ0v) is 10.0. The highest BCUT2D eigenvalue weighted by Gasteiger charge is 2.17. The first-order valence-electron chi connectivity index (χ1n) is 5.05. The molecule has 1 aromatic carbocycles. The van der Waals surface area contributed by atoms with Crippen LogP contribution in [-0.4, -0.2) is 10.9 Å². The van der Waals surface area contributed by atoms with E-state index in [0.717, 1.165) is 18.3 Å². The highest BCUT2D eigenvalue weighted by molar-refractivity contribution is 6.30. The molecule has 3 nitrogen and oxygen atoms in total. The van der Waals surface area contributed by atoms with Crippen LogP contribution in [0.1, 0.15) is 10.4 Å². The molecule has 0 bridgehead atoms. The van der Waals surface area contributed by atoms with Crippen molar-refractivity contribution in [2.75, 3.05) is 5.32 Å². The third-order valence-corrected chi connectivity index (χ3v) is 2.51. The van der Waals surface area contributed by atoms with Crippen LogP contribution in [0.2, 0.25) is 5.02 Å². The fourth-order valence-electron chi connectivity index (χ4n) is 1.37. The van der Waals surface area contributed by atoms with Crippen LogP contribution in [0.25, 0.3) is 0 Å². The van der Waals surface area contributed by atoms with Crippen LogP contribution >= 0.6 is 11.6 Å². The molecular weight excluding hydrogens is 281 g/mol. The number of benzene rings is 1. The number of halogens is 4. The Kier molecular flexibility index (Phi) is 3.71. The van der Waals surface area contributed by atoms with E-state index in [4.69, 9.17) is 11.6 Å². The van der Waals surface area contributed by atoms with Gasteiger partial charge in [-0.3, -0.25) is 4.79 Å². The number of anilines is 1. The molecule has 0 radical (unpaired) electrons. The summed E-state index contributed by atoms with van der Waals surface area (Å²) in [5.41, 5.74) is -0.757. The lowest BCUT2D eigenvalue weighted by atomic mass is 10.2. The molecule has 7 heteroatoms. The Morgan fingerprint density at radius 3 is 2.63 bits per heavy atom. The van der Waals surface area contributed by atoms with Gasteiger partial charge in [0.05, 0.1) is 11.3 Å². The van der Waals surface area contributed by atoms with Gasteiger partial charge in [-0.05, 0) is 24.3 Å². The number of nitrogens with zero attached hydrogens (tertiary/aromatic N) is 1. The first kappa shape index (κ1) is 13.4. The van der Waals surface area contributed by atoms with Gasteiger partial charge in [0.2, 0.25) is 5.95 Å². The molecule has 0 saturated carbocycles. The highest BCUT2D eigenvalue weighted by atomic mass is 35.5. The van der Waals surface area contributed by atoms with Gasteiger partial charge in [0, 0.05) is 11.2 Å². The second-order valence-corrected chi connectivity index (χ2v) is 3.98. The maximum atomic E-state index is 13.4. The first-order valence-corrected chi connectivity index (χ1v) is 5.43. The maximum Gasteiger partial charge on any atom is 0.258 e. The number of hydrogen-bond donors (Lipinski definition) is 1. The summed E-state index contributed by atoms with van der Waals surface area (Å²) in [6, 6.07) is 4.54. The van der Waals surface area contributed by atoms with Gasteiger partial charge >= 0.3 is 0 Å². The van der Waals surface area contributed by atoms with Gasteiger partial charge in [-0.25, -0.2) is 13.8 Å². The van der Waals surface area contributed by atoms with E-state index in [1.54, 1.807) is 0 Å². The average molecular weight is 287 g/mol. The molecule has 1 aromatic heterocycles. The molecule has 19 heavy (non-hydrogen) atoms. The van der Waals surface area contributed by atoms with E-state index in [1.165, 1.54) is 12.1 Å². The monoisotopic (exact) mass is 286 g/mol. The summed E-state index contributed by atoms with van der Waals surface area (Å²) in [5.74, 6) is -4.56. The van der Waals surface area contributed by atoms with Crippen LogP contribution in [0, 0.1) is 17.6 Å². The molecule has 0 fully saturated rings. The van der Waals surface area contributed by atoms with E-state index in [2.05, 4.69) is 10.3 Å². The van der Waals surface area contributed by atoms with Crippen LogP contribution in [0.4, 0.5) is 18.9 Å². The molecule has 0 saturated heterocycles. The van der Waals surface area contributed by atoms with Gasteiger partial charge in [-0.1, -0.05) is 11.6 Å². The average Bonchev–Trinajstić information content (AvgIpc) is 2.36. The van der Waals surface area contributed by atoms with Crippen molar-refractivity contribution in [3.05, 3.63) is 58.6 Å². The molecule has 1 N–H and O–H groups in total. The molecule has 98 valence electrons. The zero-order chi connectivity index (χ0) is 14.0. The molecule has 0 unspecified atom stereocenters. The van der Waals surface area contributed by atoms with Crippen molar-refractivity contribution in [1.29, 1.82) is 0 Å². The van der Waals surface area contributed by atoms with Crippen molar-refractivity contribution in [3.8, 4) is 0 Å². The molecule has 1 amide bonds. The van der Waals surface area contributed by atoms with Crippen LogP contribution in [-0.2, 0) is 0 Å². The van der Waals surface area contributed by atoms with Crippen molar-refractivity contribution in [1.82, 2.24) is 4.98 Å². The largest absolute Gasteiger partial charge is 0.319 e. The quantitative estimate of drug-likeness (QED) is 0.860. The third-order valence-electron chi connectivity index (χ3n) is 2.27. The summed E-state index contributed by atoms with van der Waals surface area (Å²) in [4.78, 5) is 14.7. The lowest BCUT2D eigenvalue weighted by molar-refractivity contribution is 0.102. The predicted molar refractivity (Wildman–Crippen MR) is 63.5 cm³/mol. The number of rotatable bonds is 2. The van der Waals surface area contributed by atoms with Crippen molar-refractivity contribution < 1.29 is 18.0 Å². The Morgan fingerprint density at radius 2 is 1.95 bits per heavy atom. The zero-order valence-electron chi connectivity index (χ0n) is 9.25. The number of nitrogens with one attached hydrogen (secondary N) is 1. The fourth-order valence-corrected chi connectivity index (χ4v) is 1.53. The van der Waals surface area contributed by atoms with Gasteiger partial charge < -0.3 is 5.32 Å². The van der Waals surface area contributed by atoms with Gasteiger partial charge in [0.15, 0.2) is 5.82 Å². The Labute approximate surface area is 111 Å². The lowest BCUT2D eigenvalue weighted by Crippen LogP contribution is -2.15. The molecule has 0 spiro atoms. The van der Waals surface area contributed by atoms with E-state index in [9.17, 15) is 18.0 Å². The van der Waals surface area contributed by atoms with Crippen LogP contribution < -0.4 is 5.32 Å². The lowest BCUT2D eigenvalue weighted by Gasteiger charge is -2.07. The summed E-state index contributed by atoms with van der Waals surface area (Å²) in [6.07, 6.45) is 0.936. The smallest absolute Gasteiger partial charge is 0.258 e. The fraction of sp³-hybridized carbons (Fsp3) is 0. The molecular formula is C12H6ClF3N2O. The van der Waals surface area contributed by atoms with Crippen LogP contribution in [0.5, 0.6) is 0 Å². The first-order chi connectivity index (χ1) is 8.99. The van der Waals surface area contributed by atoms with E-state index in [0.29, 0.717) is 0 Å². The molecule has 0 atom stereocenters. The molecule has 1 heterocycles. The minimum Gasteiger partial charge on any atom is -0.319 e. The minimum atomic E-state index is -1.40. The number of hydrogen-bond acceptors (Lipinski definition) is 2. The Balaban J connectivity index is 2.28. The van der Waals surface area contributed by atoms with Gasteiger partial charge in [0.1, 0.15) is 5.82 Å². The van der Waals surface area contributed by atoms with Gasteiger partial charge in [-0.15, -0.1) is 0 Å². The number of carbonyl (C=O) groups excluding carboxylic acids is 1. The van der Waals surface area contributed by atoms with Crippen molar-refractivity contribution >= 4 is 23.2 Å². The van der Waals surface area contributed by atoms with E-state index in [1.807, 2.05) is 0 Å². The predicted octanol–water partition coefficient (Wildman–Crippen LogP) is 3.40. The van der Waals surface area contributed by atoms with Gasteiger partial charge in [-0.2, -0.15) is 4.39 Å². The standard InChI is InChI=1S/C12H6ClF3N2O/c13-6-1-2-9(8(14)5-6)18-12(19)7-3-4-17-11(16)10(7)15/h1-5H,(H,18,19). The Morgan fingerprint density at radius 1 is 1.21 bits per heavy atom. The highest BCUT2D eigenvalue weighted by Crippen LogP contribution is 2.20. The molecule has 2 aromatic rings. The second kappa shape index (κ2) is 5.27. The Bertz CT molecular complexity index is 649. The Hall–Kier alpha value is -2.08. The topological polar surface area (TPSA) is 42.0 Å². The summed E-state index contributed by atoms with van der Waals surface area (Å²) < 4.78 is 39.6. The normalized spacial score (nSPS) is 10.3. The van der Waals surface area contributed by atoms with E-state index < -0.39 is 29.1 Å². The summed E-state index contributed by atoms with van der Waals surface area (Å²) in [6.45, 7) is 0. The van der Waals surface area contributed by atoms with Crippen molar-refractivity contribution in [3.63, 3.8) is 0 Å². The second-order valence-electron chi connectivity index (χ2n) is 3.54. The van der Waals surface area contributed by atoms with Crippen molar-refractivity contribution in [2.24, 2.45) is 0 Å². The van der Waals surface area contributed by atoms with E-state index in [-0.39, 0.29) is 10.7 Å². The van der Waals surface area contributed by atoms with Crippen LogP contribution in [0.15, 0.2) is 30.5 Å². The third kappa shape index (κ3) is 2.85. The molecule has 0 aliphatic heterocycles. The van der Waals surface area contributed by atoms with Gasteiger partial charge in [0.25, 0.3) is 5.91 Å². The number of pyridine rings is 1. The van der Waals surface area contributed by atoms with Crippen molar-refractivity contribution in [2.45, 2.75) is 0 Å². The number of aromatic nitrogens is 1. The molecule has 0 aliphatic carbocycles. The molecule has 0 aliphatic rings. The molecule has 2 rings (SSSR count). The number of amides is 1.